The number of nitrogens with one attached hydrogen (secondary N) is 1. The quantitative estimate of drug-likeness (QED) is 0.421. The molecule has 1 N–H and O–H groups in total. The van der Waals surface area contributed by atoms with Gasteiger partial charge in [0.2, 0.25) is 0 Å². The topological polar surface area (TPSA) is 60.0 Å². The van der Waals surface area contributed by atoms with Crippen LogP contribution in [0.4, 0.5) is 4.79 Å². The average molecular weight is 566 g/mol. The van der Waals surface area contributed by atoms with Crippen LogP contribution in [0.15, 0.2) is 42.5 Å². The molecule has 2 aromatic carbocycles. The van der Waals surface area contributed by atoms with Crippen molar-refractivity contribution in [2.75, 3.05) is 26.7 Å². The predicted molar refractivity (Wildman–Crippen MR) is 139 cm³/mol. The van der Waals surface area contributed by atoms with Gasteiger partial charge in [-0.3, -0.25) is 4.90 Å². The zero-order valence-electron chi connectivity index (χ0n) is 20.0. The lowest BCUT2D eigenvalue weighted by atomic mass is 9.96. The summed E-state index contributed by atoms with van der Waals surface area (Å²) in [6.45, 7) is 9.70. The molecule has 1 fully saturated rings. The van der Waals surface area contributed by atoms with E-state index in [0.29, 0.717) is 19.1 Å². The summed E-state index contributed by atoms with van der Waals surface area (Å²) in [5, 5.41) is 2.91. The summed E-state index contributed by atoms with van der Waals surface area (Å²) in [6.07, 6.45) is 1.78. The molecule has 1 amide bonds. The van der Waals surface area contributed by atoms with E-state index in [1.807, 2.05) is 39.0 Å². The van der Waals surface area contributed by atoms with Gasteiger partial charge in [-0.15, -0.1) is 0 Å². The Bertz CT molecular complexity index is 906. The highest BCUT2D eigenvalue weighted by atomic mass is 127. The molecular formula is C26H35IN2O4. The number of benzene rings is 2. The Morgan fingerprint density at radius 3 is 2.45 bits per heavy atom. The Morgan fingerprint density at radius 2 is 1.82 bits per heavy atom. The Labute approximate surface area is 211 Å². The maximum Gasteiger partial charge on any atom is 0.407 e. The van der Waals surface area contributed by atoms with Crippen LogP contribution < -0.4 is 14.8 Å². The SMILES string of the molecule is COc1cc(CN2CCC(CNC(=O)OC(C)(C)C)CC2)cc(I)c1OCc1ccccc1. The molecule has 3 rings (SSSR count). The van der Waals surface area contributed by atoms with Crippen LogP contribution in [0.5, 0.6) is 11.5 Å². The summed E-state index contributed by atoms with van der Waals surface area (Å²) < 4.78 is 18.1. The minimum atomic E-state index is -0.464. The Kier molecular flexibility index (Phi) is 9.26. The van der Waals surface area contributed by atoms with Gasteiger partial charge in [-0.1, -0.05) is 30.3 Å². The number of carbonyl (C=O) groups is 1. The molecule has 1 aliphatic heterocycles. The maximum atomic E-state index is 11.9. The van der Waals surface area contributed by atoms with Crippen LogP contribution in [0.3, 0.4) is 0 Å². The number of rotatable bonds is 8. The molecule has 6 nitrogen and oxygen atoms in total. The predicted octanol–water partition coefficient (Wildman–Crippen LogP) is 5.62. The van der Waals surface area contributed by atoms with Gasteiger partial charge in [0.05, 0.1) is 10.7 Å². The van der Waals surface area contributed by atoms with Gasteiger partial charge in [-0.05, 0) is 98.5 Å². The van der Waals surface area contributed by atoms with E-state index in [9.17, 15) is 4.79 Å². The molecule has 2 aromatic rings. The van der Waals surface area contributed by atoms with Gasteiger partial charge in [0.25, 0.3) is 0 Å². The summed E-state index contributed by atoms with van der Waals surface area (Å²) in [5.74, 6) is 2.04. The van der Waals surface area contributed by atoms with Gasteiger partial charge in [0.15, 0.2) is 11.5 Å². The third-order valence-corrected chi connectivity index (χ3v) is 6.36. The van der Waals surface area contributed by atoms with E-state index < -0.39 is 5.60 Å². The van der Waals surface area contributed by atoms with Gasteiger partial charge in [-0.25, -0.2) is 4.79 Å². The zero-order valence-corrected chi connectivity index (χ0v) is 22.2. The van der Waals surface area contributed by atoms with Crippen molar-refractivity contribution >= 4 is 28.7 Å². The fraction of sp³-hybridized carbons (Fsp3) is 0.500. The lowest BCUT2D eigenvalue weighted by molar-refractivity contribution is 0.0509. The summed E-state index contributed by atoms with van der Waals surface area (Å²) in [4.78, 5) is 14.3. The normalized spacial score (nSPS) is 15.2. The number of piperidine rings is 1. The number of hydrogen-bond acceptors (Lipinski definition) is 5. The first-order valence-corrected chi connectivity index (χ1v) is 12.5. The average Bonchev–Trinajstić information content (AvgIpc) is 2.77. The van der Waals surface area contributed by atoms with E-state index in [-0.39, 0.29) is 6.09 Å². The lowest BCUT2D eigenvalue weighted by Gasteiger charge is -2.32. The molecule has 0 radical (unpaired) electrons. The third kappa shape index (κ3) is 8.37. The van der Waals surface area contributed by atoms with Gasteiger partial charge < -0.3 is 19.5 Å². The molecule has 7 heteroatoms. The van der Waals surface area contributed by atoms with E-state index in [2.05, 4.69) is 57.1 Å². The van der Waals surface area contributed by atoms with Crippen molar-refractivity contribution in [3.05, 3.63) is 57.2 Å². The molecule has 0 bridgehead atoms. The summed E-state index contributed by atoms with van der Waals surface area (Å²) in [5.41, 5.74) is 1.88. The van der Waals surface area contributed by atoms with Crippen molar-refractivity contribution in [3.8, 4) is 11.5 Å². The van der Waals surface area contributed by atoms with Gasteiger partial charge in [0, 0.05) is 13.1 Å². The molecule has 1 aliphatic rings. The number of alkyl carbamates (subject to hydrolysis) is 1. The molecule has 0 saturated carbocycles. The number of nitrogens with zero attached hydrogens (tertiary/aromatic N) is 1. The largest absolute Gasteiger partial charge is 0.493 e. The first kappa shape index (κ1) is 25.6. The standard InChI is InChI=1S/C26H35IN2O4/c1-26(2,3)33-25(30)28-16-19-10-12-29(13-11-19)17-21-14-22(27)24(23(15-21)31-4)32-18-20-8-6-5-7-9-20/h5-9,14-15,19H,10-13,16-18H2,1-4H3,(H,28,30). The fourth-order valence-corrected chi connectivity index (χ4v) is 4.70. The van der Waals surface area contributed by atoms with E-state index in [1.165, 1.54) is 5.56 Å². The molecule has 1 saturated heterocycles. The molecule has 0 aliphatic carbocycles. The van der Waals surface area contributed by atoms with Crippen molar-refractivity contribution in [3.63, 3.8) is 0 Å². The summed E-state index contributed by atoms with van der Waals surface area (Å²) >= 11 is 2.33. The Hall–Kier alpha value is -2.00. The Morgan fingerprint density at radius 1 is 1.12 bits per heavy atom. The van der Waals surface area contributed by atoms with Crippen LogP contribution in [0, 0.1) is 9.49 Å². The van der Waals surface area contributed by atoms with E-state index in [4.69, 9.17) is 14.2 Å². The number of likely N-dealkylation sites (tertiary alicyclic amines) is 1. The molecule has 33 heavy (non-hydrogen) atoms. The van der Waals surface area contributed by atoms with E-state index in [1.54, 1.807) is 7.11 Å². The molecule has 0 aromatic heterocycles. The van der Waals surface area contributed by atoms with Crippen LogP contribution in [0.2, 0.25) is 0 Å². The number of halogens is 1. The second-order valence-corrected chi connectivity index (χ2v) is 10.6. The highest BCUT2D eigenvalue weighted by Crippen LogP contribution is 2.35. The number of amides is 1. The minimum Gasteiger partial charge on any atom is -0.493 e. The van der Waals surface area contributed by atoms with Crippen molar-refractivity contribution in [2.24, 2.45) is 5.92 Å². The molecular weight excluding hydrogens is 531 g/mol. The monoisotopic (exact) mass is 566 g/mol. The number of carbonyl (C=O) groups excluding carboxylic acids is 1. The molecule has 180 valence electrons. The number of methoxy groups -OCH3 is 1. The second kappa shape index (κ2) is 11.9. The third-order valence-electron chi connectivity index (χ3n) is 5.56. The van der Waals surface area contributed by atoms with Crippen molar-refractivity contribution in [1.29, 1.82) is 0 Å². The molecule has 1 heterocycles. The first-order valence-electron chi connectivity index (χ1n) is 11.5. The number of hydrogen-bond donors (Lipinski definition) is 1. The van der Waals surface area contributed by atoms with Crippen LogP contribution in [0.1, 0.15) is 44.7 Å². The maximum absolute atomic E-state index is 11.9. The zero-order chi connectivity index (χ0) is 23.8. The molecule has 0 unspecified atom stereocenters. The summed E-state index contributed by atoms with van der Waals surface area (Å²) in [6, 6.07) is 14.4. The van der Waals surface area contributed by atoms with Crippen LogP contribution in [-0.2, 0) is 17.9 Å². The van der Waals surface area contributed by atoms with Crippen LogP contribution in [-0.4, -0.2) is 43.3 Å². The van der Waals surface area contributed by atoms with E-state index in [0.717, 1.165) is 53.1 Å². The number of ether oxygens (including phenoxy) is 3. The lowest BCUT2D eigenvalue weighted by Crippen LogP contribution is -2.40. The summed E-state index contributed by atoms with van der Waals surface area (Å²) in [7, 11) is 1.69. The minimum absolute atomic E-state index is 0.332. The van der Waals surface area contributed by atoms with Crippen molar-refractivity contribution in [2.45, 2.75) is 52.4 Å². The van der Waals surface area contributed by atoms with Gasteiger partial charge in [0.1, 0.15) is 12.2 Å². The van der Waals surface area contributed by atoms with Crippen molar-refractivity contribution in [1.82, 2.24) is 10.2 Å². The van der Waals surface area contributed by atoms with Crippen LogP contribution >= 0.6 is 22.6 Å². The second-order valence-electron chi connectivity index (χ2n) is 9.49. The Balaban J connectivity index is 1.50. The molecule has 0 spiro atoms. The van der Waals surface area contributed by atoms with Crippen molar-refractivity contribution < 1.29 is 19.0 Å². The van der Waals surface area contributed by atoms with Crippen LogP contribution in [0.25, 0.3) is 0 Å². The van der Waals surface area contributed by atoms with Gasteiger partial charge >= 0.3 is 6.09 Å². The van der Waals surface area contributed by atoms with E-state index >= 15 is 0 Å². The molecule has 0 atom stereocenters. The fourth-order valence-electron chi connectivity index (χ4n) is 3.88. The first-order chi connectivity index (χ1) is 15.7. The van der Waals surface area contributed by atoms with Gasteiger partial charge in [-0.2, -0.15) is 0 Å². The highest BCUT2D eigenvalue weighted by molar-refractivity contribution is 14.1. The smallest absolute Gasteiger partial charge is 0.407 e. The highest BCUT2D eigenvalue weighted by Gasteiger charge is 2.22.